The molecule has 0 aliphatic carbocycles. The van der Waals surface area contributed by atoms with Crippen molar-refractivity contribution in [3.63, 3.8) is 0 Å². The molecular weight excluding hydrogens is 440 g/mol. The Kier molecular flexibility index (Phi) is 7.78. The molecule has 0 radical (unpaired) electrons. The van der Waals surface area contributed by atoms with Gasteiger partial charge in [-0.2, -0.15) is 0 Å². The molecule has 4 rings (SSSR count). The van der Waals surface area contributed by atoms with Gasteiger partial charge in [0.2, 0.25) is 0 Å². The molecule has 1 aliphatic rings. The minimum absolute atomic E-state index is 0.000129. The van der Waals surface area contributed by atoms with E-state index >= 15 is 0 Å². The molecule has 174 valence electrons. The SMILES string of the molecule is NCCc1cccc([N+](=O)[O-])c1.O=C1c2ccccc2C(=O)N1CCc1cccc([N+](=O)[O-])c1. The van der Waals surface area contributed by atoms with Gasteiger partial charge in [0.1, 0.15) is 0 Å². The fourth-order valence-corrected chi connectivity index (χ4v) is 3.50. The van der Waals surface area contributed by atoms with Gasteiger partial charge in [0.15, 0.2) is 0 Å². The lowest BCUT2D eigenvalue weighted by molar-refractivity contribution is -0.385. The summed E-state index contributed by atoms with van der Waals surface area (Å²) in [7, 11) is 0. The summed E-state index contributed by atoms with van der Waals surface area (Å²) in [6, 6.07) is 19.4. The number of nitro benzene ring substituents is 2. The van der Waals surface area contributed by atoms with Crippen molar-refractivity contribution in [2.45, 2.75) is 12.8 Å². The number of rotatable bonds is 7. The van der Waals surface area contributed by atoms with Gasteiger partial charge in [-0.3, -0.25) is 34.7 Å². The van der Waals surface area contributed by atoms with Crippen LogP contribution in [0.2, 0.25) is 0 Å². The highest BCUT2D eigenvalue weighted by Gasteiger charge is 2.34. The zero-order valence-electron chi connectivity index (χ0n) is 18.1. The highest BCUT2D eigenvalue weighted by Crippen LogP contribution is 2.23. The van der Waals surface area contributed by atoms with E-state index in [0.29, 0.717) is 36.1 Å². The largest absolute Gasteiger partial charge is 0.330 e. The monoisotopic (exact) mass is 462 g/mol. The van der Waals surface area contributed by atoms with Crippen LogP contribution in [0, 0.1) is 20.2 Å². The number of imide groups is 1. The maximum atomic E-state index is 12.2. The van der Waals surface area contributed by atoms with Gasteiger partial charge in [-0.05, 0) is 42.6 Å². The third-order valence-corrected chi connectivity index (χ3v) is 5.18. The minimum atomic E-state index is -0.467. The van der Waals surface area contributed by atoms with Gasteiger partial charge in [0.05, 0.1) is 21.0 Å². The Labute approximate surface area is 194 Å². The fourth-order valence-electron chi connectivity index (χ4n) is 3.50. The van der Waals surface area contributed by atoms with Crippen molar-refractivity contribution in [2.75, 3.05) is 13.1 Å². The molecule has 34 heavy (non-hydrogen) atoms. The quantitative estimate of drug-likeness (QED) is 0.320. The van der Waals surface area contributed by atoms with Gasteiger partial charge >= 0.3 is 0 Å². The maximum Gasteiger partial charge on any atom is 0.269 e. The summed E-state index contributed by atoms with van der Waals surface area (Å²) in [6.45, 7) is 0.717. The van der Waals surface area contributed by atoms with Gasteiger partial charge < -0.3 is 5.73 Å². The third-order valence-electron chi connectivity index (χ3n) is 5.18. The second kappa shape index (κ2) is 10.9. The second-order valence-electron chi connectivity index (χ2n) is 7.45. The Morgan fingerprint density at radius 2 is 1.18 bits per heavy atom. The van der Waals surface area contributed by atoms with E-state index in [4.69, 9.17) is 5.73 Å². The summed E-state index contributed by atoms with van der Waals surface area (Å²) in [5.74, 6) is -0.628. The van der Waals surface area contributed by atoms with Crippen LogP contribution in [0.5, 0.6) is 0 Å². The highest BCUT2D eigenvalue weighted by atomic mass is 16.6. The topological polar surface area (TPSA) is 150 Å². The summed E-state index contributed by atoms with van der Waals surface area (Å²) in [5.41, 5.74) is 7.88. The lowest BCUT2D eigenvalue weighted by atomic mass is 10.1. The van der Waals surface area contributed by atoms with Gasteiger partial charge in [-0.25, -0.2) is 0 Å². The van der Waals surface area contributed by atoms with E-state index in [0.717, 1.165) is 5.56 Å². The standard InChI is InChI=1S/C16H12N2O4.C8H10N2O2/c19-15-13-6-1-2-7-14(13)16(20)17(15)9-8-11-4-3-5-12(10-11)18(21)22;9-5-4-7-2-1-3-8(6-7)10(11)12/h1-7,10H,8-9H2;1-3,6H,4-5,9H2. The first-order chi connectivity index (χ1) is 16.3. The van der Waals surface area contributed by atoms with Crippen molar-refractivity contribution in [3.05, 3.63) is 115 Å². The lowest BCUT2D eigenvalue weighted by Crippen LogP contribution is -2.31. The molecule has 0 aromatic heterocycles. The number of benzene rings is 3. The van der Waals surface area contributed by atoms with Crippen LogP contribution < -0.4 is 5.73 Å². The molecule has 1 heterocycles. The predicted octanol–water partition coefficient (Wildman–Crippen LogP) is 3.53. The fraction of sp³-hybridized carbons (Fsp3) is 0.167. The molecule has 3 aromatic rings. The molecule has 0 atom stereocenters. The van der Waals surface area contributed by atoms with Crippen molar-refractivity contribution in [1.29, 1.82) is 0 Å². The van der Waals surface area contributed by atoms with Crippen LogP contribution in [0.1, 0.15) is 31.8 Å². The zero-order chi connectivity index (χ0) is 24.7. The average Bonchev–Trinajstić information content (AvgIpc) is 3.08. The van der Waals surface area contributed by atoms with Crippen LogP contribution >= 0.6 is 0 Å². The molecule has 0 saturated carbocycles. The molecule has 0 unspecified atom stereocenters. The van der Waals surface area contributed by atoms with Crippen molar-refractivity contribution in [2.24, 2.45) is 5.73 Å². The Morgan fingerprint density at radius 1 is 0.706 bits per heavy atom. The zero-order valence-corrected chi connectivity index (χ0v) is 18.1. The molecule has 2 amide bonds. The maximum absolute atomic E-state index is 12.2. The number of nitrogens with two attached hydrogens (primary N) is 1. The Hall–Kier alpha value is -4.44. The summed E-state index contributed by atoms with van der Waals surface area (Å²) in [5, 5.41) is 21.1. The predicted molar refractivity (Wildman–Crippen MR) is 124 cm³/mol. The summed E-state index contributed by atoms with van der Waals surface area (Å²) >= 11 is 0. The number of amides is 2. The Bertz CT molecular complexity index is 1210. The minimum Gasteiger partial charge on any atom is -0.330 e. The van der Waals surface area contributed by atoms with Crippen LogP contribution in [0.15, 0.2) is 72.8 Å². The smallest absolute Gasteiger partial charge is 0.269 e. The van der Waals surface area contributed by atoms with E-state index < -0.39 is 9.85 Å². The van der Waals surface area contributed by atoms with Crippen LogP contribution in [0.4, 0.5) is 11.4 Å². The molecule has 0 spiro atoms. The number of nitrogens with zero attached hydrogens (tertiary/aromatic N) is 3. The summed E-state index contributed by atoms with van der Waals surface area (Å²) in [6.07, 6.45) is 1.06. The number of nitro groups is 2. The van der Waals surface area contributed by atoms with Crippen molar-refractivity contribution >= 4 is 23.2 Å². The molecule has 3 aromatic carbocycles. The normalized spacial score (nSPS) is 12.1. The van der Waals surface area contributed by atoms with Gasteiger partial charge in [0.25, 0.3) is 23.2 Å². The van der Waals surface area contributed by atoms with E-state index in [1.807, 2.05) is 6.07 Å². The molecular formula is C24H22N4O6. The van der Waals surface area contributed by atoms with E-state index in [1.54, 1.807) is 48.5 Å². The number of hydrogen-bond acceptors (Lipinski definition) is 7. The number of fused-ring (bicyclic) bond motifs is 1. The van der Waals surface area contributed by atoms with Crippen molar-refractivity contribution < 1.29 is 19.4 Å². The number of carbonyl (C=O) groups is 2. The number of hydrogen-bond donors (Lipinski definition) is 1. The molecule has 10 nitrogen and oxygen atoms in total. The second-order valence-corrected chi connectivity index (χ2v) is 7.45. The van der Waals surface area contributed by atoms with Crippen molar-refractivity contribution in [1.82, 2.24) is 4.90 Å². The number of non-ortho nitro benzene ring substituents is 2. The van der Waals surface area contributed by atoms with Gasteiger partial charge in [-0.1, -0.05) is 36.4 Å². The van der Waals surface area contributed by atoms with E-state index in [9.17, 15) is 29.8 Å². The number of carbonyl (C=O) groups excluding carboxylic acids is 2. The van der Waals surface area contributed by atoms with Crippen LogP contribution in [0.25, 0.3) is 0 Å². The Morgan fingerprint density at radius 3 is 1.62 bits per heavy atom. The van der Waals surface area contributed by atoms with Crippen LogP contribution in [0.3, 0.4) is 0 Å². The molecule has 2 N–H and O–H groups in total. The van der Waals surface area contributed by atoms with E-state index in [-0.39, 0.29) is 29.7 Å². The first kappa shape index (κ1) is 24.2. The first-order valence-corrected chi connectivity index (χ1v) is 10.4. The van der Waals surface area contributed by atoms with Crippen LogP contribution in [-0.2, 0) is 12.8 Å². The van der Waals surface area contributed by atoms with Gasteiger partial charge in [0, 0.05) is 30.8 Å². The van der Waals surface area contributed by atoms with E-state index in [2.05, 4.69) is 0 Å². The molecule has 10 heteroatoms. The molecule has 0 saturated heterocycles. The molecule has 0 bridgehead atoms. The Balaban J connectivity index is 0.000000229. The van der Waals surface area contributed by atoms with Gasteiger partial charge in [-0.15, -0.1) is 0 Å². The third kappa shape index (κ3) is 5.67. The van der Waals surface area contributed by atoms with E-state index in [1.165, 1.54) is 23.1 Å². The average molecular weight is 462 g/mol. The molecule has 0 fully saturated rings. The lowest BCUT2D eigenvalue weighted by Gasteiger charge is -2.13. The molecule has 1 aliphatic heterocycles. The van der Waals surface area contributed by atoms with Crippen molar-refractivity contribution in [3.8, 4) is 0 Å². The summed E-state index contributed by atoms with van der Waals surface area (Å²) in [4.78, 5) is 45.8. The van der Waals surface area contributed by atoms with Crippen LogP contribution in [-0.4, -0.2) is 39.7 Å². The summed E-state index contributed by atoms with van der Waals surface area (Å²) < 4.78 is 0. The highest BCUT2D eigenvalue weighted by molar-refractivity contribution is 6.21. The first-order valence-electron chi connectivity index (χ1n) is 10.4.